The summed E-state index contributed by atoms with van der Waals surface area (Å²) >= 11 is 0. The molecule has 4 aliphatic rings. The van der Waals surface area contributed by atoms with E-state index < -0.39 is 23.2 Å². The zero-order chi connectivity index (χ0) is 32.0. The van der Waals surface area contributed by atoms with Crippen LogP contribution in [0.15, 0.2) is 47.6 Å². The first-order chi connectivity index (χ1) is 21.5. The zero-order valence-corrected chi connectivity index (χ0v) is 25.9. The van der Waals surface area contributed by atoms with Crippen molar-refractivity contribution < 1.29 is 24.0 Å². The fourth-order valence-electron chi connectivity index (χ4n) is 7.30. The summed E-state index contributed by atoms with van der Waals surface area (Å²) in [6, 6.07) is 11.1. The average molecular weight is 617 g/mol. The van der Waals surface area contributed by atoms with E-state index in [0.29, 0.717) is 36.9 Å². The smallest absolute Gasteiger partial charge is 0.318 e. The minimum absolute atomic E-state index is 0.000701. The van der Waals surface area contributed by atoms with E-state index in [-0.39, 0.29) is 41.3 Å². The first kappa shape index (κ1) is 30.7. The topological polar surface area (TPSA) is 147 Å². The number of fused-ring (bicyclic) bond motifs is 1. The summed E-state index contributed by atoms with van der Waals surface area (Å²) in [5.41, 5.74) is 2.12. The first-order valence-electron chi connectivity index (χ1n) is 15.9. The largest absolute Gasteiger partial charge is 0.410 e. The van der Waals surface area contributed by atoms with Crippen molar-refractivity contribution in [2.24, 2.45) is 28.8 Å². The molecule has 0 spiro atoms. The second kappa shape index (κ2) is 11.9. The maximum Gasteiger partial charge on any atom is 0.318 e. The van der Waals surface area contributed by atoms with E-state index in [4.69, 9.17) is 5.41 Å². The Bertz CT molecular complexity index is 1540. The molecule has 3 atom stereocenters. The number of nitrogens with zero attached hydrogens (tertiary/aromatic N) is 2. The Kier molecular flexibility index (Phi) is 8.13. The number of nitrogens with one attached hydrogen (secondary N) is 4. The molecule has 1 saturated heterocycles. The van der Waals surface area contributed by atoms with E-state index in [0.717, 1.165) is 42.4 Å². The minimum atomic E-state index is -0.846. The van der Waals surface area contributed by atoms with E-state index in [2.05, 4.69) is 35.0 Å². The summed E-state index contributed by atoms with van der Waals surface area (Å²) in [5.74, 6) is -0.565. The summed E-state index contributed by atoms with van der Waals surface area (Å²) in [4.78, 5) is 42.1. The highest BCUT2D eigenvalue weighted by molar-refractivity contribution is 6.65. The van der Waals surface area contributed by atoms with Crippen molar-refractivity contribution in [2.45, 2.75) is 76.9 Å². The number of urea groups is 1. The van der Waals surface area contributed by atoms with Gasteiger partial charge in [0, 0.05) is 25.1 Å². The van der Waals surface area contributed by atoms with E-state index in [9.17, 15) is 24.0 Å². The second-order valence-corrected chi connectivity index (χ2v) is 13.6. The molecule has 45 heavy (non-hydrogen) atoms. The molecule has 2 saturated carbocycles. The average Bonchev–Trinajstić information content (AvgIpc) is 3.93. The fourth-order valence-corrected chi connectivity index (χ4v) is 7.30. The Morgan fingerprint density at radius 2 is 1.71 bits per heavy atom. The van der Waals surface area contributed by atoms with Crippen LogP contribution in [0.1, 0.15) is 63.1 Å². The molecule has 5 N–H and O–H groups in total. The Hall–Kier alpha value is -4.28. The van der Waals surface area contributed by atoms with Crippen molar-refractivity contribution in [3.8, 4) is 0 Å². The lowest BCUT2D eigenvalue weighted by atomic mass is 9.84. The molecular weight excluding hydrogens is 575 g/mol. The van der Waals surface area contributed by atoms with Crippen molar-refractivity contribution in [2.75, 3.05) is 11.9 Å². The van der Waals surface area contributed by atoms with Crippen LogP contribution in [0.2, 0.25) is 0 Å². The van der Waals surface area contributed by atoms with Crippen LogP contribution in [0.5, 0.6) is 0 Å². The Balaban J connectivity index is 1.27. The predicted octanol–water partition coefficient (Wildman–Crippen LogP) is 4.60. The highest BCUT2D eigenvalue weighted by Crippen LogP contribution is 2.51. The van der Waals surface area contributed by atoms with Gasteiger partial charge in [-0.15, -0.1) is 0 Å². The molecule has 1 aliphatic heterocycles. The van der Waals surface area contributed by atoms with Crippen LogP contribution in [0.3, 0.4) is 0 Å². The maximum atomic E-state index is 14.0. The first-order valence-corrected chi connectivity index (χ1v) is 15.9. The van der Waals surface area contributed by atoms with Crippen molar-refractivity contribution in [1.29, 1.82) is 5.41 Å². The number of amides is 4. The third-order valence-electron chi connectivity index (χ3n) is 10.0. The van der Waals surface area contributed by atoms with Gasteiger partial charge in [0.1, 0.15) is 11.9 Å². The van der Waals surface area contributed by atoms with Gasteiger partial charge in [0.2, 0.25) is 5.91 Å². The minimum Gasteiger partial charge on any atom is -0.410 e. The number of hydrogen-bond acceptors (Lipinski definition) is 6. The summed E-state index contributed by atoms with van der Waals surface area (Å²) in [5, 5.41) is 29.1. The van der Waals surface area contributed by atoms with Gasteiger partial charge in [-0.3, -0.25) is 9.59 Å². The molecule has 0 bridgehead atoms. The number of anilines is 1. The van der Waals surface area contributed by atoms with Crippen LogP contribution in [-0.2, 0) is 28.0 Å². The number of halogens is 1. The molecule has 6 rings (SSSR count). The molecule has 10 nitrogen and oxygen atoms in total. The third-order valence-corrected chi connectivity index (χ3v) is 10.0. The molecule has 238 valence electrons. The van der Waals surface area contributed by atoms with Crippen LogP contribution in [0, 0.1) is 34.9 Å². The summed E-state index contributed by atoms with van der Waals surface area (Å²) < 4.78 is 14.0. The molecule has 0 aromatic heterocycles. The monoisotopic (exact) mass is 616 g/mol. The third kappa shape index (κ3) is 6.04. The van der Waals surface area contributed by atoms with Crippen molar-refractivity contribution in [3.05, 3.63) is 65.0 Å². The van der Waals surface area contributed by atoms with Crippen molar-refractivity contribution in [3.63, 3.8) is 0 Å². The summed E-state index contributed by atoms with van der Waals surface area (Å²) in [6.07, 6.45) is 5.04. The lowest BCUT2D eigenvalue weighted by Gasteiger charge is -2.39. The van der Waals surface area contributed by atoms with Crippen LogP contribution in [-0.4, -0.2) is 58.0 Å². The number of rotatable bonds is 11. The summed E-state index contributed by atoms with van der Waals surface area (Å²) in [7, 11) is 0. The van der Waals surface area contributed by atoms with Crippen molar-refractivity contribution in [1.82, 2.24) is 15.5 Å². The fraction of sp³-hybridized carbons (Fsp3) is 0.500. The summed E-state index contributed by atoms with van der Waals surface area (Å²) in [6.45, 7) is 6.04. The number of carbonyl (C=O) groups excluding carboxylic acids is 3. The molecule has 0 radical (unpaired) electrons. The molecule has 4 amide bonds. The van der Waals surface area contributed by atoms with Gasteiger partial charge >= 0.3 is 6.03 Å². The van der Waals surface area contributed by atoms with Crippen molar-refractivity contribution >= 4 is 35.0 Å². The van der Waals surface area contributed by atoms with Crippen LogP contribution < -0.4 is 16.0 Å². The Labute approximate surface area is 262 Å². The van der Waals surface area contributed by atoms with E-state index >= 15 is 0 Å². The Morgan fingerprint density at radius 3 is 2.27 bits per heavy atom. The molecule has 3 aliphatic carbocycles. The van der Waals surface area contributed by atoms with Crippen LogP contribution >= 0.6 is 0 Å². The molecular formula is C34H41FN6O4. The molecule has 2 aromatic rings. The normalized spacial score (nSPS) is 23.6. The predicted molar refractivity (Wildman–Crippen MR) is 168 cm³/mol. The zero-order valence-electron chi connectivity index (χ0n) is 25.9. The molecule has 11 heteroatoms. The van der Waals surface area contributed by atoms with Gasteiger partial charge in [0.25, 0.3) is 5.91 Å². The second-order valence-electron chi connectivity index (χ2n) is 13.6. The van der Waals surface area contributed by atoms with E-state index in [1.165, 1.54) is 19.1 Å². The van der Waals surface area contributed by atoms with E-state index in [1.54, 1.807) is 12.1 Å². The van der Waals surface area contributed by atoms with Crippen LogP contribution in [0.25, 0.3) is 0 Å². The Morgan fingerprint density at radius 1 is 1.07 bits per heavy atom. The standard InChI is InChI=1S/C34H41FN6O4/c1-18(2)27-17-41(33(44)38-27)34(24-9-11-25(35)12-10-24)15-22-8-13-26(14-23(22)16-34)37-32(43)30(28(20-4-5-20)21-6-7-21)39-31(42)29(40-45)19(3)36/h8-14,18,20-21,27-28,30,36,45H,4-7,15-17H2,1-3H3,(H,37,43)(H,38,44)(H,39,42)/b36-19?,40-29+/t27-,30-,34?/m0/s1. The van der Waals surface area contributed by atoms with Gasteiger partial charge in [-0.2, -0.15) is 0 Å². The lowest BCUT2D eigenvalue weighted by Crippen LogP contribution is -2.52. The van der Waals surface area contributed by atoms with Gasteiger partial charge in [-0.05, 0) is 97.2 Å². The molecule has 3 fully saturated rings. The number of oxime groups is 1. The SMILES string of the molecule is CC(=N)/C(=N\O)C(=O)N[C@H](C(=O)Nc1ccc2c(c1)CC(c1ccc(F)cc1)(N1C[C@@H](C(C)C)NC1=O)C2)C(C1CC1)C1CC1. The maximum absolute atomic E-state index is 14.0. The number of benzene rings is 2. The highest BCUT2D eigenvalue weighted by atomic mass is 19.1. The van der Waals surface area contributed by atoms with Gasteiger partial charge in [-0.1, -0.05) is 37.2 Å². The van der Waals surface area contributed by atoms with Crippen LogP contribution in [0.4, 0.5) is 14.9 Å². The number of hydrogen-bond donors (Lipinski definition) is 5. The van der Waals surface area contributed by atoms with Gasteiger partial charge in [0.05, 0.1) is 17.3 Å². The number of carbonyl (C=O) groups is 3. The van der Waals surface area contributed by atoms with E-state index in [1.807, 2.05) is 23.1 Å². The molecule has 2 aromatic carbocycles. The molecule has 1 unspecified atom stereocenters. The van der Waals surface area contributed by atoms with Gasteiger partial charge < -0.3 is 31.5 Å². The quantitative estimate of drug-likeness (QED) is 0.143. The van der Waals surface area contributed by atoms with Gasteiger partial charge in [-0.25, -0.2) is 9.18 Å². The van der Waals surface area contributed by atoms with Gasteiger partial charge in [0.15, 0.2) is 5.71 Å². The molecule has 1 heterocycles. The lowest BCUT2D eigenvalue weighted by molar-refractivity contribution is -0.124. The highest BCUT2D eigenvalue weighted by Gasteiger charge is 2.51.